The zero-order chi connectivity index (χ0) is 13.8. The molecule has 1 aliphatic rings. The average Bonchev–Trinajstić information content (AvgIpc) is 3.13. The lowest BCUT2D eigenvalue weighted by Gasteiger charge is -2.19. The predicted molar refractivity (Wildman–Crippen MR) is 78.5 cm³/mol. The molecule has 6 heteroatoms. The molecule has 3 rings (SSSR count). The van der Waals surface area contributed by atoms with Gasteiger partial charge in [-0.15, -0.1) is 10.2 Å². The lowest BCUT2D eigenvalue weighted by molar-refractivity contribution is 0.0804. The third kappa shape index (κ3) is 2.92. The predicted octanol–water partition coefficient (Wildman–Crippen LogP) is 2.50. The number of fused-ring (bicyclic) bond motifs is 1. The summed E-state index contributed by atoms with van der Waals surface area (Å²) < 4.78 is 7.56. The lowest BCUT2D eigenvalue weighted by Crippen LogP contribution is -2.25. The molecule has 1 N–H and O–H groups in total. The standard InChI is InChI=1S/C14H20N4OS/c1-2-3-12(11-4-7-20-10-11)15-8-13-16-17-14-9-19-6-5-18(13)14/h4,7,10,12,15H,2-3,5-6,8-9H2,1H3. The van der Waals surface area contributed by atoms with Crippen LogP contribution in [0.25, 0.3) is 0 Å². The van der Waals surface area contributed by atoms with E-state index >= 15 is 0 Å². The van der Waals surface area contributed by atoms with Crippen molar-refractivity contribution in [3.05, 3.63) is 34.0 Å². The zero-order valence-electron chi connectivity index (χ0n) is 11.7. The molecule has 3 heterocycles. The molecule has 5 nitrogen and oxygen atoms in total. The minimum absolute atomic E-state index is 0.402. The van der Waals surface area contributed by atoms with Gasteiger partial charge in [-0.25, -0.2) is 0 Å². The van der Waals surface area contributed by atoms with Gasteiger partial charge in [0.15, 0.2) is 5.82 Å². The Hall–Kier alpha value is -1.24. The molecule has 0 saturated carbocycles. The van der Waals surface area contributed by atoms with Crippen molar-refractivity contribution in [2.45, 2.75) is 45.5 Å². The summed E-state index contributed by atoms with van der Waals surface area (Å²) in [6, 6.07) is 2.60. The third-order valence-electron chi connectivity index (χ3n) is 3.62. The summed E-state index contributed by atoms with van der Waals surface area (Å²) in [5.41, 5.74) is 1.37. The number of hydrogen-bond acceptors (Lipinski definition) is 5. The van der Waals surface area contributed by atoms with E-state index in [1.54, 1.807) is 11.3 Å². The van der Waals surface area contributed by atoms with E-state index in [0.717, 1.165) is 37.8 Å². The number of aromatic nitrogens is 3. The number of thiophene rings is 1. The summed E-state index contributed by atoms with van der Waals surface area (Å²) in [6.45, 7) is 5.16. The molecular formula is C14H20N4OS. The fraction of sp³-hybridized carbons (Fsp3) is 0.571. The molecule has 20 heavy (non-hydrogen) atoms. The Labute approximate surface area is 123 Å². The molecule has 1 unspecified atom stereocenters. The second kappa shape index (κ2) is 6.47. The van der Waals surface area contributed by atoms with Crippen molar-refractivity contribution in [1.82, 2.24) is 20.1 Å². The van der Waals surface area contributed by atoms with Crippen LogP contribution in [-0.4, -0.2) is 21.4 Å². The van der Waals surface area contributed by atoms with Crippen molar-refractivity contribution >= 4 is 11.3 Å². The summed E-state index contributed by atoms with van der Waals surface area (Å²) in [5, 5.41) is 16.5. The lowest BCUT2D eigenvalue weighted by atomic mass is 10.1. The molecule has 2 aromatic heterocycles. The van der Waals surface area contributed by atoms with E-state index in [2.05, 4.69) is 43.8 Å². The van der Waals surface area contributed by atoms with E-state index in [9.17, 15) is 0 Å². The molecule has 1 aliphatic heterocycles. The van der Waals surface area contributed by atoms with Crippen LogP contribution in [0.2, 0.25) is 0 Å². The summed E-state index contributed by atoms with van der Waals surface area (Å²) in [4.78, 5) is 0. The van der Waals surface area contributed by atoms with Crippen molar-refractivity contribution in [2.75, 3.05) is 6.61 Å². The van der Waals surface area contributed by atoms with Crippen LogP contribution in [0, 0.1) is 0 Å². The number of ether oxygens (including phenoxy) is 1. The number of nitrogens with one attached hydrogen (secondary N) is 1. The molecule has 108 valence electrons. The van der Waals surface area contributed by atoms with Gasteiger partial charge < -0.3 is 14.6 Å². The quantitative estimate of drug-likeness (QED) is 0.889. The molecule has 0 aliphatic carbocycles. The number of hydrogen-bond donors (Lipinski definition) is 1. The fourth-order valence-electron chi connectivity index (χ4n) is 2.55. The van der Waals surface area contributed by atoms with Gasteiger partial charge in [0.1, 0.15) is 12.4 Å². The largest absolute Gasteiger partial charge is 0.372 e. The van der Waals surface area contributed by atoms with Crippen molar-refractivity contribution in [3.8, 4) is 0 Å². The van der Waals surface area contributed by atoms with Crippen LogP contribution >= 0.6 is 11.3 Å². The van der Waals surface area contributed by atoms with Crippen molar-refractivity contribution in [3.63, 3.8) is 0 Å². The summed E-state index contributed by atoms with van der Waals surface area (Å²) >= 11 is 1.75. The second-order valence-corrected chi connectivity index (χ2v) is 5.80. The molecular weight excluding hydrogens is 272 g/mol. The highest BCUT2D eigenvalue weighted by Crippen LogP contribution is 2.21. The van der Waals surface area contributed by atoms with Crippen LogP contribution in [0.5, 0.6) is 0 Å². The highest BCUT2D eigenvalue weighted by atomic mass is 32.1. The van der Waals surface area contributed by atoms with Crippen LogP contribution in [0.4, 0.5) is 0 Å². The molecule has 0 aromatic carbocycles. The van der Waals surface area contributed by atoms with Gasteiger partial charge in [0.25, 0.3) is 0 Å². The van der Waals surface area contributed by atoms with Gasteiger partial charge >= 0.3 is 0 Å². The second-order valence-electron chi connectivity index (χ2n) is 5.02. The Balaban J connectivity index is 1.67. The highest BCUT2D eigenvalue weighted by molar-refractivity contribution is 7.07. The highest BCUT2D eigenvalue weighted by Gasteiger charge is 2.17. The van der Waals surface area contributed by atoms with E-state index in [0.29, 0.717) is 12.6 Å². The van der Waals surface area contributed by atoms with Gasteiger partial charge in [-0.3, -0.25) is 0 Å². The van der Waals surface area contributed by atoms with Gasteiger partial charge in [-0.05, 0) is 28.8 Å². The molecule has 0 radical (unpaired) electrons. The first kappa shape index (κ1) is 13.7. The molecule has 0 amide bonds. The first-order valence-electron chi connectivity index (χ1n) is 7.12. The molecule has 2 aromatic rings. The molecule has 0 bridgehead atoms. The van der Waals surface area contributed by atoms with Crippen molar-refractivity contribution in [2.24, 2.45) is 0 Å². The molecule has 0 saturated heterocycles. The topological polar surface area (TPSA) is 52.0 Å². The first-order valence-corrected chi connectivity index (χ1v) is 8.07. The third-order valence-corrected chi connectivity index (χ3v) is 4.33. The SMILES string of the molecule is CCCC(NCc1nnc2n1CCOC2)c1ccsc1. The first-order chi connectivity index (χ1) is 9.88. The Morgan fingerprint density at radius 2 is 2.45 bits per heavy atom. The maximum Gasteiger partial charge on any atom is 0.159 e. The van der Waals surface area contributed by atoms with Crippen LogP contribution in [0.15, 0.2) is 16.8 Å². The smallest absolute Gasteiger partial charge is 0.159 e. The van der Waals surface area contributed by atoms with E-state index < -0.39 is 0 Å². The Morgan fingerprint density at radius 1 is 1.50 bits per heavy atom. The van der Waals surface area contributed by atoms with E-state index in [1.807, 2.05) is 0 Å². The van der Waals surface area contributed by atoms with E-state index in [-0.39, 0.29) is 0 Å². The van der Waals surface area contributed by atoms with Gasteiger partial charge in [0.2, 0.25) is 0 Å². The van der Waals surface area contributed by atoms with E-state index in [1.165, 1.54) is 12.0 Å². The van der Waals surface area contributed by atoms with Crippen molar-refractivity contribution in [1.29, 1.82) is 0 Å². The minimum Gasteiger partial charge on any atom is -0.372 e. The van der Waals surface area contributed by atoms with Gasteiger partial charge in [0, 0.05) is 12.6 Å². The summed E-state index contributed by atoms with van der Waals surface area (Å²) in [6.07, 6.45) is 2.31. The fourth-order valence-corrected chi connectivity index (χ4v) is 3.26. The molecule has 1 atom stereocenters. The van der Waals surface area contributed by atoms with Gasteiger partial charge in [-0.1, -0.05) is 13.3 Å². The Bertz CT molecular complexity index is 537. The molecule has 0 fully saturated rings. The van der Waals surface area contributed by atoms with Gasteiger partial charge in [-0.2, -0.15) is 11.3 Å². The minimum atomic E-state index is 0.402. The average molecular weight is 292 g/mol. The van der Waals surface area contributed by atoms with Crippen LogP contribution in [-0.2, 0) is 24.4 Å². The monoisotopic (exact) mass is 292 g/mol. The van der Waals surface area contributed by atoms with Crippen LogP contribution in [0.1, 0.15) is 43.0 Å². The van der Waals surface area contributed by atoms with Crippen LogP contribution in [0.3, 0.4) is 0 Å². The number of rotatable bonds is 6. The summed E-state index contributed by atoms with van der Waals surface area (Å²) in [7, 11) is 0. The zero-order valence-corrected chi connectivity index (χ0v) is 12.5. The molecule has 0 spiro atoms. The van der Waals surface area contributed by atoms with Crippen molar-refractivity contribution < 1.29 is 4.74 Å². The van der Waals surface area contributed by atoms with Gasteiger partial charge in [0.05, 0.1) is 13.2 Å². The van der Waals surface area contributed by atoms with Crippen LogP contribution < -0.4 is 5.32 Å². The maximum absolute atomic E-state index is 5.39. The number of nitrogens with zero attached hydrogens (tertiary/aromatic N) is 3. The van der Waals surface area contributed by atoms with E-state index in [4.69, 9.17) is 4.74 Å². The summed E-state index contributed by atoms with van der Waals surface area (Å²) in [5.74, 6) is 1.95. The normalized spacial score (nSPS) is 16.1. The Morgan fingerprint density at radius 3 is 3.25 bits per heavy atom. The Kier molecular flexibility index (Phi) is 4.44. The maximum atomic E-state index is 5.39.